The number of carbonyl (C=O) groups excluding carboxylic acids is 1. The van der Waals surface area contributed by atoms with Crippen molar-refractivity contribution in [2.24, 2.45) is 11.8 Å². The summed E-state index contributed by atoms with van der Waals surface area (Å²) in [5.74, 6) is 5.80. The first kappa shape index (κ1) is 38.3. The number of carboxylic acids is 1. The molecule has 266 valence electrons. The van der Waals surface area contributed by atoms with Crippen molar-refractivity contribution in [3.8, 4) is 23.0 Å². The molecule has 0 aliphatic heterocycles. The number of carbonyl (C=O) groups is 2. The minimum Gasteiger partial charge on any atom is -0.481 e. The number of alkyl halides is 3. The van der Waals surface area contributed by atoms with Crippen molar-refractivity contribution in [1.29, 1.82) is 0 Å². The average Bonchev–Trinajstić information content (AvgIpc) is 3.74. The van der Waals surface area contributed by atoms with Crippen LogP contribution in [0.3, 0.4) is 0 Å². The Morgan fingerprint density at radius 2 is 1.90 bits per heavy atom. The highest BCUT2D eigenvalue weighted by molar-refractivity contribution is 7.71. The van der Waals surface area contributed by atoms with Crippen LogP contribution in [0.1, 0.15) is 74.2 Å². The van der Waals surface area contributed by atoms with E-state index in [0.717, 1.165) is 53.4 Å². The van der Waals surface area contributed by atoms with Gasteiger partial charge in [-0.15, -0.1) is 0 Å². The van der Waals surface area contributed by atoms with Crippen LogP contribution in [0.5, 0.6) is 0 Å². The lowest BCUT2D eigenvalue weighted by Gasteiger charge is -2.25. The molecule has 0 saturated heterocycles. The number of halogens is 3. The van der Waals surface area contributed by atoms with Gasteiger partial charge in [-0.1, -0.05) is 38.1 Å². The van der Waals surface area contributed by atoms with Gasteiger partial charge in [-0.2, -0.15) is 18.3 Å². The molecular formula is C37H43F3N6O3S. The topological polar surface area (TPSA) is 116 Å². The van der Waals surface area contributed by atoms with Crippen LogP contribution < -0.4 is 5.32 Å². The van der Waals surface area contributed by atoms with E-state index in [9.17, 15) is 18.0 Å². The molecule has 1 aliphatic carbocycles. The minimum absolute atomic E-state index is 0.0387. The SMILES string of the molecule is CC(=O)O.Cc1ccc2[nH]ncc2c1-c1cc(C#CC2CC2)nc(CNC(=O)[C@H](CC(C)C)n2cc(CCN(C)C)c(C(F)(F)F)cc2=S)c1. The highest BCUT2D eigenvalue weighted by atomic mass is 32.1. The molecule has 13 heteroatoms. The number of nitrogens with zero attached hydrogens (tertiary/aromatic N) is 4. The summed E-state index contributed by atoms with van der Waals surface area (Å²) in [5, 5.41) is 18.6. The number of aryl methyl sites for hydroxylation is 1. The van der Waals surface area contributed by atoms with E-state index >= 15 is 0 Å². The van der Waals surface area contributed by atoms with Gasteiger partial charge in [-0.25, -0.2) is 4.98 Å². The Labute approximate surface area is 295 Å². The maximum absolute atomic E-state index is 14.0. The number of aliphatic carboxylic acids is 1. The number of hydrogen-bond donors (Lipinski definition) is 3. The van der Waals surface area contributed by atoms with Gasteiger partial charge in [0, 0.05) is 31.0 Å². The van der Waals surface area contributed by atoms with E-state index in [0.29, 0.717) is 30.3 Å². The predicted molar refractivity (Wildman–Crippen MR) is 190 cm³/mol. The summed E-state index contributed by atoms with van der Waals surface area (Å²) in [6.07, 6.45) is 1.39. The van der Waals surface area contributed by atoms with Crippen LogP contribution >= 0.6 is 12.2 Å². The normalized spacial score (nSPS) is 13.4. The summed E-state index contributed by atoms with van der Waals surface area (Å²) < 4.78 is 43.4. The lowest BCUT2D eigenvalue weighted by Crippen LogP contribution is -2.34. The molecule has 3 N–H and O–H groups in total. The van der Waals surface area contributed by atoms with Crippen molar-refractivity contribution in [2.45, 2.75) is 72.1 Å². The number of H-pyrrole nitrogens is 1. The molecule has 3 aromatic heterocycles. The van der Waals surface area contributed by atoms with Gasteiger partial charge in [0.05, 0.1) is 29.5 Å². The Morgan fingerprint density at radius 1 is 1.20 bits per heavy atom. The van der Waals surface area contributed by atoms with E-state index < -0.39 is 23.8 Å². The first-order valence-corrected chi connectivity index (χ1v) is 16.8. The number of pyridine rings is 2. The van der Waals surface area contributed by atoms with Crippen molar-refractivity contribution in [2.75, 3.05) is 20.6 Å². The molecular weight excluding hydrogens is 666 g/mol. The van der Waals surface area contributed by atoms with Crippen molar-refractivity contribution >= 4 is 35.0 Å². The number of benzene rings is 1. The molecule has 1 aromatic carbocycles. The predicted octanol–water partition coefficient (Wildman–Crippen LogP) is 7.34. The zero-order valence-electron chi connectivity index (χ0n) is 29.1. The van der Waals surface area contributed by atoms with E-state index in [1.165, 1.54) is 10.8 Å². The van der Waals surface area contributed by atoms with Crippen molar-refractivity contribution in [3.05, 3.63) is 75.4 Å². The summed E-state index contributed by atoms with van der Waals surface area (Å²) in [6, 6.07) is 8.11. The third-order valence-electron chi connectivity index (χ3n) is 8.06. The van der Waals surface area contributed by atoms with E-state index in [4.69, 9.17) is 27.1 Å². The second-order valence-corrected chi connectivity index (χ2v) is 13.7. The van der Waals surface area contributed by atoms with Gasteiger partial charge < -0.3 is 19.9 Å². The van der Waals surface area contributed by atoms with Gasteiger partial charge in [0.25, 0.3) is 5.97 Å². The fraction of sp³-hybridized carbons (Fsp3) is 0.432. The minimum atomic E-state index is -4.56. The summed E-state index contributed by atoms with van der Waals surface area (Å²) >= 11 is 5.45. The molecule has 4 aromatic rings. The number of likely N-dealkylation sites (N-methyl/N-ethyl adjacent to an activating group) is 1. The standard InChI is InChI=1S/C35H39F3N6OS.C2H4O2/c1-21(2)14-31(44-20-24(12-13-43(4)5)29(17-32(44)46)35(36,37)38)34(45)39-18-27-16-25(15-26(41-27)10-9-23-7-8-23)33-22(3)6-11-30-28(33)19-40-42-30;1-2(3)4/h6,11,15-17,19-21,23,31H,7-8,12-14,18H2,1-5H3,(H,39,45)(H,40,42);1H3,(H,3,4)/t31-;/m0./s1. The lowest BCUT2D eigenvalue weighted by atomic mass is 9.96. The Kier molecular flexibility index (Phi) is 12.6. The first-order valence-electron chi connectivity index (χ1n) is 16.4. The zero-order chi connectivity index (χ0) is 36.7. The molecule has 3 heterocycles. The fourth-order valence-electron chi connectivity index (χ4n) is 5.53. The first-order chi connectivity index (χ1) is 23.5. The molecule has 1 aliphatic rings. The van der Waals surface area contributed by atoms with Crippen molar-refractivity contribution in [3.63, 3.8) is 0 Å². The second-order valence-electron chi connectivity index (χ2n) is 13.3. The molecule has 1 amide bonds. The summed E-state index contributed by atoms with van der Waals surface area (Å²) in [7, 11) is 3.61. The van der Waals surface area contributed by atoms with Crippen LogP contribution in [0.2, 0.25) is 0 Å². The molecule has 1 fully saturated rings. The van der Waals surface area contributed by atoms with Crippen molar-refractivity contribution < 1.29 is 27.9 Å². The number of aromatic amines is 1. The molecule has 9 nitrogen and oxygen atoms in total. The van der Waals surface area contributed by atoms with Crippen LogP contribution in [0.25, 0.3) is 22.0 Å². The highest BCUT2D eigenvalue weighted by Gasteiger charge is 2.35. The maximum atomic E-state index is 14.0. The van der Waals surface area contributed by atoms with Crippen LogP contribution in [0, 0.1) is 35.2 Å². The van der Waals surface area contributed by atoms with Gasteiger partial charge in [-0.05, 0) is 105 Å². The molecule has 50 heavy (non-hydrogen) atoms. The summed E-state index contributed by atoms with van der Waals surface area (Å²) in [4.78, 5) is 29.4. The molecule has 0 bridgehead atoms. The van der Waals surface area contributed by atoms with Gasteiger partial charge in [0.15, 0.2) is 0 Å². The second kappa shape index (κ2) is 16.4. The monoisotopic (exact) mass is 708 g/mol. The van der Waals surface area contributed by atoms with Crippen LogP contribution in [-0.2, 0) is 28.7 Å². The van der Waals surface area contributed by atoms with E-state index in [1.54, 1.807) is 20.3 Å². The van der Waals surface area contributed by atoms with Crippen LogP contribution in [-0.4, -0.2) is 62.3 Å². The zero-order valence-corrected chi connectivity index (χ0v) is 29.9. The maximum Gasteiger partial charge on any atom is 0.416 e. The van der Waals surface area contributed by atoms with E-state index in [-0.39, 0.29) is 35.0 Å². The van der Waals surface area contributed by atoms with Crippen molar-refractivity contribution in [1.82, 2.24) is 30.0 Å². The highest BCUT2D eigenvalue weighted by Crippen LogP contribution is 2.35. The van der Waals surface area contributed by atoms with Gasteiger partial charge in [-0.3, -0.25) is 14.7 Å². The van der Waals surface area contributed by atoms with E-state index in [1.807, 2.05) is 49.9 Å². The number of carboxylic acid groups (broad SMARTS) is 1. The van der Waals surface area contributed by atoms with Gasteiger partial charge >= 0.3 is 6.18 Å². The van der Waals surface area contributed by atoms with Crippen LogP contribution in [0.4, 0.5) is 13.2 Å². The molecule has 1 saturated carbocycles. The molecule has 0 unspecified atom stereocenters. The van der Waals surface area contributed by atoms with Gasteiger partial charge in [0.1, 0.15) is 16.4 Å². The number of amides is 1. The third-order valence-corrected chi connectivity index (χ3v) is 8.38. The Bertz CT molecular complexity index is 1960. The van der Waals surface area contributed by atoms with Gasteiger partial charge in [0.2, 0.25) is 5.91 Å². The number of aromatic nitrogens is 4. The third kappa shape index (κ3) is 10.5. The van der Waals surface area contributed by atoms with E-state index in [2.05, 4.69) is 27.4 Å². The Hall–Kier alpha value is -4.54. The number of nitrogens with one attached hydrogen (secondary N) is 2. The largest absolute Gasteiger partial charge is 0.481 e. The number of fused-ring (bicyclic) bond motifs is 1. The van der Waals surface area contributed by atoms with Crippen LogP contribution in [0.15, 0.2) is 42.7 Å². The fourth-order valence-corrected chi connectivity index (χ4v) is 5.83. The smallest absolute Gasteiger partial charge is 0.416 e. The molecule has 1 atom stereocenters. The molecule has 0 spiro atoms. The number of hydrogen-bond acceptors (Lipinski definition) is 6. The molecule has 5 rings (SSSR count). The quantitative estimate of drug-likeness (QED) is 0.117. The summed E-state index contributed by atoms with van der Waals surface area (Å²) in [6.45, 7) is 7.59. The number of rotatable bonds is 10. The lowest BCUT2D eigenvalue weighted by molar-refractivity contribution is -0.138. The molecule has 0 radical (unpaired) electrons. The Morgan fingerprint density at radius 3 is 2.52 bits per heavy atom. The summed E-state index contributed by atoms with van der Waals surface area (Å²) in [5.41, 5.74) is 4.48. The Balaban J connectivity index is 0.00000133. The average molecular weight is 709 g/mol.